The zero-order chi connectivity index (χ0) is 25.2. The van der Waals surface area contributed by atoms with Gasteiger partial charge in [0.25, 0.3) is 0 Å². The molecule has 1 aromatic heterocycles. The number of aromatic nitrogens is 2. The molecule has 4 rings (SSSR count). The summed E-state index contributed by atoms with van der Waals surface area (Å²) in [7, 11) is -1.03. The van der Waals surface area contributed by atoms with Crippen LogP contribution in [0, 0.1) is 0 Å². The Morgan fingerprint density at radius 2 is 1.91 bits per heavy atom. The molecular weight excluding hydrogens is 486 g/mol. The minimum Gasteiger partial charge on any atom is -0.365 e. The molecule has 0 atom stereocenters. The van der Waals surface area contributed by atoms with Gasteiger partial charge in [-0.1, -0.05) is 12.1 Å². The van der Waals surface area contributed by atoms with Crippen molar-refractivity contribution in [1.29, 1.82) is 0 Å². The van der Waals surface area contributed by atoms with E-state index in [9.17, 15) is 22.5 Å². The summed E-state index contributed by atoms with van der Waals surface area (Å²) < 4.78 is 63.3. The minimum absolute atomic E-state index is 0.0482. The van der Waals surface area contributed by atoms with Crippen LogP contribution < -0.4 is 21.3 Å². The van der Waals surface area contributed by atoms with Crippen molar-refractivity contribution in [2.45, 2.75) is 19.1 Å². The van der Waals surface area contributed by atoms with Crippen molar-refractivity contribution in [3.8, 4) is 0 Å². The van der Waals surface area contributed by atoms with E-state index in [-0.39, 0.29) is 30.1 Å². The third-order valence-corrected chi connectivity index (χ3v) is 7.12. The average molecular weight is 507 g/mol. The average Bonchev–Trinajstić information content (AvgIpc) is 3.21. The third-order valence-electron chi connectivity index (χ3n) is 5.25. The number of carbonyl (C=O) groups excluding carboxylic acids is 1. The van der Waals surface area contributed by atoms with Gasteiger partial charge in [0.05, 0.1) is 11.7 Å². The molecule has 9 nitrogen and oxygen atoms in total. The van der Waals surface area contributed by atoms with Crippen molar-refractivity contribution in [2.24, 2.45) is 0 Å². The van der Waals surface area contributed by atoms with E-state index >= 15 is 0 Å². The standard InChI is InChI=1S/C22H21F3N5O4P/c1-33-35(32,34-2)16-5-3-4-13(8-16)11-26-20-17(22(23,24)25)12-27-21(30-20)28-15-6-7-18-14(9-15)10-19(31)29-18/h3-9,12H,10-11H2,1-2H3,(H,29,31)(H2,26,27,28,30). The van der Waals surface area contributed by atoms with Crippen molar-refractivity contribution in [2.75, 3.05) is 30.2 Å². The van der Waals surface area contributed by atoms with E-state index in [0.29, 0.717) is 23.1 Å². The Kier molecular flexibility index (Phi) is 6.79. The number of rotatable bonds is 8. The molecule has 35 heavy (non-hydrogen) atoms. The summed E-state index contributed by atoms with van der Waals surface area (Å²) in [6.07, 6.45) is -3.79. The van der Waals surface area contributed by atoms with E-state index in [0.717, 1.165) is 5.56 Å². The third kappa shape index (κ3) is 5.45. The Bertz CT molecular complexity index is 1310. The number of benzene rings is 2. The number of halogens is 3. The fraction of sp³-hybridized carbons (Fsp3) is 0.227. The Morgan fingerprint density at radius 1 is 1.14 bits per heavy atom. The van der Waals surface area contributed by atoms with Crippen LogP contribution in [0.5, 0.6) is 0 Å². The van der Waals surface area contributed by atoms with E-state index < -0.39 is 25.2 Å². The summed E-state index contributed by atoms with van der Waals surface area (Å²) in [5, 5.41) is 8.54. The molecule has 0 unspecified atom stereocenters. The predicted octanol–water partition coefficient (Wildman–Crippen LogP) is 4.46. The van der Waals surface area contributed by atoms with E-state index in [1.807, 2.05) is 0 Å². The minimum atomic E-state index is -4.69. The lowest BCUT2D eigenvalue weighted by molar-refractivity contribution is -0.137. The van der Waals surface area contributed by atoms with Crippen molar-refractivity contribution in [1.82, 2.24) is 9.97 Å². The molecule has 184 valence electrons. The van der Waals surface area contributed by atoms with Gasteiger partial charge in [0.2, 0.25) is 11.9 Å². The molecular formula is C22H21F3N5O4P. The fourth-order valence-corrected chi connectivity index (χ4v) is 4.69. The molecule has 3 N–H and O–H groups in total. The van der Waals surface area contributed by atoms with Gasteiger partial charge in [-0.25, -0.2) is 4.98 Å². The maximum atomic E-state index is 13.6. The summed E-state index contributed by atoms with van der Waals surface area (Å²) in [4.78, 5) is 19.4. The number of carbonyl (C=O) groups is 1. The molecule has 0 fully saturated rings. The zero-order valence-electron chi connectivity index (χ0n) is 18.6. The molecule has 2 aromatic carbocycles. The van der Waals surface area contributed by atoms with Crippen LogP contribution in [0.3, 0.4) is 0 Å². The van der Waals surface area contributed by atoms with Crippen molar-refractivity contribution in [3.05, 3.63) is 65.4 Å². The summed E-state index contributed by atoms with van der Waals surface area (Å²) >= 11 is 0. The van der Waals surface area contributed by atoms with Crippen LogP contribution in [-0.4, -0.2) is 30.1 Å². The van der Waals surface area contributed by atoms with Gasteiger partial charge in [0, 0.05) is 38.3 Å². The second-order valence-corrected chi connectivity index (χ2v) is 9.80. The maximum absolute atomic E-state index is 13.6. The first-order chi connectivity index (χ1) is 16.6. The second-order valence-electron chi connectivity index (χ2n) is 7.56. The largest absolute Gasteiger partial charge is 0.421 e. The number of nitrogens with one attached hydrogen (secondary N) is 3. The molecule has 0 saturated heterocycles. The Hall–Kier alpha value is -3.47. The highest BCUT2D eigenvalue weighted by atomic mass is 31.2. The van der Waals surface area contributed by atoms with Crippen LogP contribution in [0.15, 0.2) is 48.7 Å². The normalized spacial score (nSPS) is 13.3. The van der Waals surface area contributed by atoms with Crippen LogP contribution in [0.25, 0.3) is 0 Å². The Morgan fingerprint density at radius 3 is 2.63 bits per heavy atom. The fourth-order valence-electron chi connectivity index (χ4n) is 3.53. The van der Waals surface area contributed by atoms with Crippen LogP contribution in [0.4, 0.5) is 36.3 Å². The molecule has 0 saturated carbocycles. The van der Waals surface area contributed by atoms with E-state index in [4.69, 9.17) is 9.05 Å². The first kappa shape index (κ1) is 24.6. The van der Waals surface area contributed by atoms with Gasteiger partial charge >= 0.3 is 13.8 Å². The summed E-state index contributed by atoms with van der Waals surface area (Å²) in [5.41, 5.74) is 1.46. The zero-order valence-corrected chi connectivity index (χ0v) is 19.5. The van der Waals surface area contributed by atoms with Crippen LogP contribution >= 0.6 is 7.60 Å². The van der Waals surface area contributed by atoms with Crippen LogP contribution in [0.1, 0.15) is 16.7 Å². The molecule has 1 aliphatic rings. The summed E-state index contributed by atoms with van der Waals surface area (Å²) in [6, 6.07) is 11.4. The number of anilines is 4. The first-order valence-corrected chi connectivity index (χ1v) is 11.8. The second kappa shape index (κ2) is 9.65. The van der Waals surface area contributed by atoms with Crippen molar-refractivity contribution >= 4 is 41.9 Å². The Balaban J connectivity index is 1.57. The molecule has 0 spiro atoms. The molecule has 13 heteroatoms. The van der Waals surface area contributed by atoms with E-state index in [1.54, 1.807) is 36.4 Å². The lowest BCUT2D eigenvalue weighted by Crippen LogP contribution is -2.15. The van der Waals surface area contributed by atoms with Crippen LogP contribution in [-0.2, 0) is 37.5 Å². The Labute approximate surface area is 198 Å². The number of hydrogen-bond donors (Lipinski definition) is 3. The highest BCUT2D eigenvalue weighted by molar-refractivity contribution is 7.62. The number of hydrogen-bond acceptors (Lipinski definition) is 8. The topological polar surface area (TPSA) is 114 Å². The van der Waals surface area contributed by atoms with Gasteiger partial charge in [-0.2, -0.15) is 18.2 Å². The molecule has 3 aromatic rings. The van der Waals surface area contributed by atoms with Gasteiger partial charge in [-0.05, 0) is 41.5 Å². The molecule has 0 aliphatic carbocycles. The van der Waals surface area contributed by atoms with Gasteiger partial charge in [-0.15, -0.1) is 0 Å². The smallest absolute Gasteiger partial charge is 0.365 e. The molecule has 1 aliphatic heterocycles. The monoisotopic (exact) mass is 507 g/mol. The van der Waals surface area contributed by atoms with Gasteiger partial charge in [0.15, 0.2) is 0 Å². The van der Waals surface area contributed by atoms with E-state index in [2.05, 4.69) is 25.9 Å². The number of nitrogens with zero attached hydrogens (tertiary/aromatic N) is 2. The quantitative estimate of drug-likeness (QED) is 0.383. The molecule has 0 bridgehead atoms. The molecule has 2 heterocycles. The lowest BCUT2D eigenvalue weighted by Gasteiger charge is -2.16. The summed E-state index contributed by atoms with van der Waals surface area (Å²) in [6.45, 7) is -0.0482. The first-order valence-electron chi connectivity index (χ1n) is 10.3. The van der Waals surface area contributed by atoms with Crippen molar-refractivity contribution in [3.63, 3.8) is 0 Å². The molecule has 1 amide bonds. The van der Waals surface area contributed by atoms with Crippen molar-refractivity contribution < 1.29 is 31.6 Å². The van der Waals surface area contributed by atoms with Gasteiger partial charge in [0.1, 0.15) is 11.4 Å². The summed E-state index contributed by atoms with van der Waals surface area (Å²) in [5.74, 6) is -0.624. The predicted molar refractivity (Wildman–Crippen MR) is 124 cm³/mol. The highest BCUT2D eigenvalue weighted by Gasteiger charge is 2.35. The lowest BCUT2D eigenvalue weighted by atomic mass is 10.1. The molecule has 0 radical (unpaired) electrons. The number of amides is 1. The number of fused-ring (bicyclic) bond motifs is 1. The van der Waals surface area contributed by atoms with E-state index in [1.165, 1.54) is 20.3 Å². The van der Waals surface area contributed by atoms with Gasteiger partial charge < -0.3 is 25.0 Å². The SMILES string of the molecule is COP(=O)(OC)c1cccc(CNc2nc(Nc3ccc4c(c3)CC(=O)N4)ncc2C(F)(F)F)c1. The maximum Gasteiger partial charge on any atom is 0.421 e. The van der Waals surface area contributed by atoms with Gasteiger partial charge in [-0.3, -0.25) is 9.36 Å². The number of alkyl halides is 3. The highest BCUT2D eigenvalue weighted by Crippen LogP contribution is 2.45. The van der Waals surface area contributed by atoms with Crippen LogP contribution in [0.2, 0.25) is 0 Å².